The molecule has 0 radical (unpaired) electrons. The molecule has 0 aromatic heterocycles. The van der Waals surface area contributed by atoms with Crippen LogP contribution in [0.2, 0.25) is 0 Å². The van der Waals surface area contributed by atoms with Crippen LogP contribution in [0.15, 0.2) is 0 Å². The fraction of sp³-hybridized carbons (Fsp3) is 1.00. The minimum Gasteiger partial charge on any atom is -0.297 e. The molecule has 0 amide bonds. The largest absolute Gasteiger partial charge is 0.297 e. The van der Waals surface area contributed by atoms with E-state index >= 15 is 0 Å². The molecule has 0 aliphatic carbocycles. The van der Waals surface area contributed by atoms with E-state index in [0.717, 1.165) is 12.1 Å². The van der Waals surface area contributed by atoms with Gasteiger partial charge in [-0.3, -0.25) is 4.90 Å². The molecule has 2 unspecified atom stereocenters. The summed E-state index contributed by atoms with van der Waals surface area (Å²) >= 11 is 0. The third-order valence-electron chi connectivity index (χ3n) is 3.20. The normalized spacial score (nSPS) is 31.8. The van der Waals surface area contributed by atoms with E-state index in [1.165, 1.54) is 19.4 Å². The van der Waals surface area contributed by atoms with Crippen LogP contribution in [0.3, 0.4) is 0 Å². The second-order valence-corrected chi connectivity index (χ2v) is 5.01. The number of rotatable bonds is 2. The van der Waals surface area contributed by atoms with Crippen molar-refractivity contribution in [1.29, 1.82) is 0 Å². The molecule has 1 rings (SSSR count). The Hall–Kier alpha value is -0.0400. The Kier molecular flexibility index (Phi) is 2.82. The predicted molar refractivity (Wildman–Crippen MR) is 54.3 cm³/mol. The lowest BCUT2D eigenvalue weighted by Crippen LogP contribution is -2.60. The lowest BCUT2D eigenvalue weighted by molar-refractivity contribution is -0.0430. The van der Waals surface area contributed by atoms with Gasteiger partial charge in [-0.25, -0.2) is 0 Å². The first-order chi connectivity index (χ1) is 5.50. The maximum absolute atomic E-state index is 2.65. The van der Waals surface area contributed by atoms with E-state index in [9.17, 15) is 0 Å². The predicted octanol–water partition coefficient (Wildman–Crippen LogP) is 2.91. The van der Waals surface area contributed by atoms with E-state index in [4.69, 9.17) is 0 Å². The van der Waals surface area contributed by atoms with Crippen LogP contribution < -0.4 is 0 Å². The van der Waals surface area contributed by atoms with Crippen molar-refractivity contribution in [2.45, 2.75) is 59.5 Å². The average Bonchev–Trinajstić information content (AvgIpc) is 1.84. The molecule has 0 bridgehead atoms. The first kappa shape index (κ1) is 10.0. The van der Waals surface area contributed by atoms with Gasteiger partial charge in [0.15, 0.2) is 0 Å². The summed E-state index contributed by atoms with van der Waals surface area (Å²) in [4.78, 5) is 2.65. The van der Waals surface area contributed by atoms with Gasteiger partial charge in [-0.2, -0.15) is 0 Å². The summed E-state index contributed by atoms with van der Waals surface area (Å²) in [6, 6.07) is 1.70. The fourth-order valence-corrected chi connectivity index (χ4v) is 2.38. The van der Waals surface area contributed by atoms with Crippen LogP contribution in [-0.4, -0.2) is 23.5 Å². The van der Waals surface area contributed by atoms with Crippen LogP contribution in [0.25, 0.3) is 0 Å². The Bertz CT molecular complexity index is 146. The monoisotopic (exact) mass is 169 g/mol. The van der Waals surface area contributed by atoms with Gasteiger partial charge in [-0.15, -0.1) is 0 Å². The van der Waals surface area contributed by atoms with Gasteiger partial charge < -0.3 is 0 Å². The molecule has 0 aromatic carbocycles. The number of hydrogen-bond acceptors (Lipinski definition) is 1. The fourth-order valence-electron chi connectivity index (χ4n) is 2.38. The van der Waals surface area contributed by atoms with E-state index in [2.05, 4.69) is 39.5 Å². The van der Waals surface area contributed by atoms with Crippen LogP contribution in [0.4, 0.5) is 0 Å². The van der Waals surface area contributed by atoms with Gasteiger partial charge in [0.1, 0.15) is 0 Å². The highest BCUT2D eigenvalue weighted by Gasteiger charge is 2.42. The standard InChI is InChI=1S/C11H23N/c1-6-9-8-10(11(3,4)5)12(9)7-2/h9-10H,6-8H2,1-5H3. The third kappa shape index (κ3) is 1.66. The Morgan fingerprint density at radius 1 is 1.25 bits per heavy atom. The van der Waals surface area contributed by atoms with Crippen molar-refractivity contribution in [3.05, 3.63) is 0 Å². The van der Waals surface area contributed by atoms with Crippen LogP contribution in [-0.2, 0) is 0 Å². The van der Waals surface area contributed by atoms with Crippen molar-refractivity contribution in [3.63, 3.8) is 0 Å². The molecular weight excluding hydrogens is 146 g/mol. The van der Waals surface area contributed by atoms with Crippen LogP contribution in [0, 0.1) is 5.41 Å². The minimum atomic E-state index is 0.474. The SMILES string of the molecule is CCC1CC(C(C)(C)C)N1CC. The molecular formula is C11H23N. The summed E-state index contributed by atoms with van der Waals surface area (Å²) < 4.78 is 0. The zero-order valence-electron chi connectivity index (χ0n) is 9.22. The molecule has 1 saturated heterocycles. The summed E-state index contributed by atoms with van der Waals surface area (Å²) in [5.41, 5.74) is 0.474. The Labute approximate surface area is 77.1 Å². The lowest BCUT2D eigenvalue weighted by Gasteiger charge is -2.54. The van der Waals surface area contributed by atoms with E-state index < -0.39 is 0 Å². The summed E-state index contributed by atoms with van der Waals surface area (Å²) in [5, 5.41) is 0. The molecule has 0 aromatic rings. The average molecular weight is 169 g/mol. The smallest absolute Gasteiger partial charge is 0.0161 e. The molecule has 1 fully saturated rings. The Balaban J connectivity index is 2.51. The van der Waals surface area contributed by atoms with E-state index in [-0.39, 0.29) is 0 Å². The first-order valence-corrected chi connectivity index (χ1v) is 5.26. The van der Waals surface area contributed by atoms with Crippen molar-refractivity contribution in [2.75, 3.05) is 6.54 Å². The zero-order chi connectivity index (χ0) is 9.35. The topological polar surface area (TPSA) is 3.24 Å². The lowest BCUT2D eigenvalue weighted by atomic mass is 9.74. The van der Waals surface area contributed by atoms with Crippen LogP contribution >= 0.6 is 0 Å². The van der Waals surface area contributed by atoms with E-state index in [1.54, 1.807) is 0 Å². The van der Waals surface area contributed by atoms with Crippen LogP contribution in [0.5, 0.6) is 0 Å². The maximum atomic E-state index is 2.65. The van der Waals surface area contributed by atoms with Gasteiger partial charge in [0.2, 0.25) is 0 Å². The summed E-state index contributed by atoms with van der Waals surface area (Å²) in [6.07, 6.45) is 2.73. The molecule has 72 valence electrons. The van der Waals surface area contributed by atoms with Crippen molar-refractivity contribution in [2.24, 2.45) is 5.41 Å². The van der Waals surface area contributed by atoms with Gasteiger partial charge in [0.05, 0.1) is 0 Å². The molecule has 1 aliphatic heterocycles. The Morgan fingerprint density at radius 2 is 1.83 bits per heavy atom. The number of hydrogen-bond donors (Lipinski definition) is 0. The highest BCUT2D eigenvalue weighted by atomic mass is 15.2. The van der Waals surface area contributed by atoms with Crippen LogP contribution in [0.1, 0.15) is 47.5 Å². The van der Waals surface area contributed by atoms with Gasteiger partial charge in [-0.05, 0) is 24.8 Å². The molecule has 2 atom stereocenters. The molecule has 1 heterocycles. The summed E-state index contributed by atoms with van der Waals surface area (Å²) in [7, 11) is 0. The molecule has 12 heavy (non-hydrogen) atoms. The number of likely N-dealkylation sites (tertiary alicyclic amines) is 1. The van der Waals surface area contributed by atoms with Crippen molar-refractivity contribution >= 4 is 0 Å². The zero-order valence-corrected chi connectivity index (χ0v) is 9.22. The quantitative estimate of drug-likeness (QED) is 0.614. The molecule has 0 N–H and O–H groups in total. The van der Waals surface area contributed by atoms with Gasteiger partial charge in [0.25, 0.3) is 0 Å². The van der Waals surface area contributed by atoms with Gasteiger partial charge in [0, 0.05) is 12.1 Å². The minimum absolute atomic E-state index is 0.474. The van der Waals surface area contributed by atoms with Crippen molar-refractivity contribution < 1.29 is 0 Å². The Morgan fingerprint density at radius 3 is 2.17 bits per heavy atom. The van der Waals surface area contributed by atoms with Gasteiger partial charge in [-0.1, -0.05) is 34.6 Å². The molecule has 0 spiro atoms. The molecule has 1 nitrogen and oxygen atoms in total. The maximum Gasteiger partial charge on any atom is 0.0161 e. The highest BCUT2D eigenvalue weighted by Crippen LogP contribution is 2.38. The second-order valence-electron chi connectivity index (χ2n) is 5.01. The number of nitrogens with zero attached hydrogens (tertiary/aromatic N) is 1. The third-order valence-corrected chi connectivity index (χ3v) is 3.20. The van der Waals surface area contributed by atoms with Crippen molar-refractivity contribution in [3.8, 4) is 0 Å². The molecule has 0 saturated carbocycles. The molecule has 1 heteroatoms. The van der Waals surface area contributed by atoms with Crippen molar-refractivity contribution in [1.82, 2.24) is 4.90 Å². The summed E-state index contributed by atoms with van der Waals surface area (Å²) in [5.74, 6) is 0. The molecule has 1 aliphatic rings. The van der Waals surface area contributed by atoms with E-state index in [1.807, 2.05) is 0 Å². The first-order valence-electron chi connectivity index (χ1n) is 5.26. The second kappa shape index (κ2) is 3.37. The highest BCUT2D eigenvalue weighted by molar-refractivity contribution is 4.97. The van der Waals surface area contributed by atoms with Gasteiger partial charge >= 0.3 is 0 Å². The summed E-state index contributed by atoms with van der Waals surface area (Å²) in [6.45, 7) is 12.9. The van der Waals surface area contributed by atoms with E-state index in [0.29, 0.717) is 5.41 Å².